The number of benzene rings is 1. The quantitative estimate of drug-likeness (QED) is 0.776. The van der Waals surface area contributed by atoms with Gasteiger partial charge in [0.25, 0.3) is 0 Å². The Labute approximate surface area is 134 Å². The molecule has 0 saturated carbocycles. The fourth-order valence-corrected chi connectivity index (χ4v) is 2.74. The Bertz CT molecular complexity index is 581. The first-order valence-electron chi connectivity index (χ1n) is 7.16. The fraction of sp³-hybridized carbons (Fsp3) is 0.438. The van der Waals surface area contributed by atoms with Crippen molar-refractivity contribution in [3.63, 3.8) is 0 Å². The van der Waals surface area contributed by atoms with Crippen LogP contribution in [-0.2, 0) is 11.3 Å². The summed E-state index contributed by atoms with van der Waals surface area (Å²) in [4.78, 5) is 0. The van der Waals surface area contributed by atoms with Crippen molar-refractivity contribution >= 4 is 15.9 Å². The highest BCUT2D eigenvalue weighted by Gasteiger charge is 2.15. The van der Waals surface area contributed by atoms with Crippen LogP contribution in [0.1, 0.15) is 31.0 Å². The van der Waals surface area contributed by atoms with Crippen molar-refractivity contribution in [2.24, 2.45) is 0 Å². The van der Waals surface area contributed by atoms with Crippen LogP contribution >= 0.6 is 15.9 Å². The van der Waals surface area contributed by atoms with Crippen LogP contribution in [0.15, 0.2) is 34.9 Å². The first-order chi connectivity index (χ1) is 10.1. The zero-order valence-corrected chi connectivity index (χ0v) is 14.4. The predicted octanol–water partition coefficient (Wildman–Crippen LogP) is 3.49. The van der Waals surface area contributed by atoms with E-state index in [1.54, 1.807) is 7.11 Å². The van der Waals surface area contributed by atoms with Gasteiger partial charge in [-0.15, -0.1) is 0 Å². The molecule has 0 saturated heterocycles. The maximum atomic E-state index is 5.06. The molecule has 1 heterocycles. The maximum Gasteiger partial charge on any atom is 0.0660 e. The normalized spacial score (nSPS) is 11.3. The molecule has 0 aliphatic heterocycles. The van der Waals surface area contributed by atoms with Gasteiger partial charge < -0.3 is 10.1 Å². The van der Waals surface area contributed by atoms with Gasteiger partial charge >= 0.3 is 0 Å². The molecule has 1 aromatic carbocycles. The van der Waals surface area contributed by atoms with Crippen LogP contribution in [0.3, 0.4) is 0 Å². The molecule has 21 heavy (non-hydrogen) atoms. The Hall–Kier alpha value is -1.17. The topological polar surface area (TPSA) is 39.1 Å². The molecule has 0 radical (unpaired) electrons. The highest BCUT2D eigenvalue weighted by atomic mass is 79.9. The lowest BCUT2D eigenvalue weighted by molar-refractivity contribution is 0.199. The van der Waals surface area contributed by atoms with Gasteiger partial charge in [0.1, 0.15) is 0 Å². The number of methoxy groups -OCH3 is 1. The van der Waals surface area contributed by atoms with E-state index in [-0.39, 0.29) is 0 Å². The summed E-state index contributed by atoms with van der Waals surface area (Å²) in [7, 11) is 1.71. The molecule has 2 aromatic rings. The largest absolute Gasteiger partial charge is 0.383 e. The lowest BCUT2D eigenvalue weighted by Gasteiger charge is -2.13. The van der Waals surface area contributed by atoms with E-state index in [1.807, 2.05) is 23.0 Å². The number of halogens is 1. The van der Waals surface area contributed by atoms with E-state index in [1.165, 1.54) is 11.3 Å². The van der Waals surface area contributed by atoms with E-state index in [0.29, 0.717) is 5.92 Å². The van der Waals surface area contributed by atoms with Gasteiger partial charge in [-0.25, -0.2) is 4.68 Å². The summed E-state index contributed by atoms with van der Waals surface area (Å²) in [5.41, 5.74) is 3.57. The highest BCUT2D eigenvalue weighted by Crippen LogP contribution is 2.24. The molecule has 114 valence electrons. The number of aromatic nitrogens is 2. The minimum Gasteiger partial charge on any atom is -0.383 e. The minimum absolute atomic E-state index is 0.408. The van der Waals surface area contributed by atoms with Gasteiger partial charge in [0.15, 0.2) is 0 Å². The monoisotopic (exact) mass is 351 g/mol. The Morgan fingerprint density at radius 2 is 2.19 bits per heavy atom. The van der Waals surface area contributed by atoms with E-state index in [0.717, 1.165) is 29.9 Å². The van der Waals surface area contributed by atoms with Crippen molar-refractivity contribution in [3.8, 4) is 5.69 Å². The van der Waals surface area contributed by atoms with Crippen molar-refractivity contribution in [3.05, 3.63) is 46.2 Å². The van der Waals surface area contributed by atoms with Gasteiger partial charge in [-0.3, -0.25) is 0 Å². The zero-order valence-electron chi connectivity index (χ0n) is 12.8. The van der Waals surface area contributed by atoms with Crippen LogP contribution in [0.2, 0.25) is 0 Å². The third-order valence-corrected chi connectivity index (χ3v) is 3.78. The molecule has 0 unspecified atom stereocenters. The summed E-state index contributed by atoms with van der Waals surface area (Å²) in [5.74, 6) is 0.408. The summed E-state index contributed by atoms with van der Waals surface area (Å²) < 4.78 is 8.15. The second kappa shape index (κ2) is 7.73. The number of nitrogens with zero attached hydrogens (tertiary/aromatic N) is 2. The zero-order chi connectivity index (χ0) is 15.2. The van der Waals surface area contributed by atoms with Crippen molar-refractivity contribution in [2.75, 3.05) is 20.3 Å². The first kappa shape index (κ1) is 16.2. The van der Waals surface area contributed by atoms with Gasteiger partial charge in [0.2, 0.25) is 0 Å². The fourth-order valence-electron chi connectivity index (χ4n) is 2.35. The molecular weight excluding hydrogens is 330 g/mol. The number of rotatable bonds is 7. The van der Waals surface area contributed by atoms with Crippen molar-refractivity contribution in [1.82, 2.24) is 15.1 Å². The van der Waals surface area contributed by atoms with Gasteiger partial charge in [-0.2, -0.15) is 5.10 Å². The molecule has 0 aliphatic rings. The summed E-state index contributed by atoms with van der Waals surface area (Å²) in [6, 6.07) is 8.21. The molecule has 1 aromatic heterocycles. The van der Waals surface area contributed by atoms with Gasteiger partial charge in [-0.05, 0) is 24.1 Å². The molecule has 5 heteroatoms. The van der Waals surface area contributed by atoms with E-state index < -0.39 is 0 Å². The second-order valence-corrected chi connectivity index (χ2v) is 6.19. The van der Waals surface area contributed by atoms with Crippen LogP contribution in [0.4, 0.5) is 0 Å². The van der Waals surface area contributed by atoms with Crippen molar-refractivity contribution in [1.29, 1.82) is 0 Å². The minimum atomic E-state index is 0.408. The third-order valence-electron chi connectivity index (χ3n) is 3.28. The Balaban J connectivity index is 2.24. The lowest BCUT2D eigenvalue weighted by atomic mass is 10.1. The Morgan fingerprint density at radius 3 is 2.86 bits per heavy atom. The number of hydrogen-bond acceptors (Lipinski definition) is 3. The number of nitrogens with one attached hydrogen (secondary N) is 1. The lowest BCUT2D eigenvalue weighted by Crippen LogP contribution is -2.19. The van der Waals surface area contributed by atoms with Crippen LogP contribution < -0.4 is 5.32 Å². The molecule has 0 aliphatic carbocycles. The molecule has 1 N–H and O–H groups in total. The number of hydrogen-bond donors (Lipinski definition) is 1. The third kappa shape index (κ3) is 4.15. The molecule has 2 rings (SSSR count). The smallest absolute Gasteiger partial charge is 0.0660 e. The molecule has 0 bridgehead atoms. The van der Waals surface area contributed by atoms with E-state index in [2.05, 4.69) is 52.3 Å². The van der Waals surface area contributed by atoms with Gasteiger partial charge in [-0.1, -0.05) is 35.8 Å². The van der Waals surface area contributed by atoms with Gasteiger partial charge in [0, 0.05) is 30.2 Å². The average Bonchev–Trinajstić information content (AvgIpc) is 2.87. The molecule has 0 fully saturated rings. The first-order valence-corrected chi connectivity index (χ1v) is 7.95. The van der Waals surface area contributed by atoms with Gasteiger partial charge in [0.05, 0.1) is 24.2 Å². The molecule has 4 nitrogen and oxygen atoms in total. The van der Waals surface area contributed by atoms with Crippen LogP contribution in [0.25, 0.3) is 5.69 Å². The van der Waals surface area contributed by atoms with Crippen molar-refractivity contribution in [2.45, 2.75) is 26.3 Å². The molecule has 0 atom stereocenters. The average molecular weight is 352 g/mol. The molecular formula is C16H22BrN3O. The summed E-state index contributed by atoms with van der Waals surface area (Å²) in [5, 5.41) is 7.96. The standard InChI is InChI=1S/C16H22BrN3O/c1-12(2)16-13(10-18-7-8-21-3)11-19-20(16)15-6-4-5-14(17)9-15/h4-6,9,11-12,18H,7-8,10H2,1-3H3. The maximum absolute atomic E-state index is 5.06. The Kier molecular flexibility index (Phi) is 5.96. The predicted molar refractivity (Wildman–Crippen MR) is 88.9 cm³/mol. The van der Waals surface area contributed by atoms with E-state index in [4.69, 9.17) is 4.74 Å². The molecule has 0 spiro atoms. The Morgan fingerprint density at radius 1 is 1.38 bits per heavy atom. The summed E-state index contributed by atoms with van der Waals surface area (Å²) in [6.45, 7) is 6.77. The number of ether oxygens (including phenoxy) is 1. The van der Waals surface area contributed by atoms with Crippen LogP contribution in [0, 0.1) is 0 Å². The second-order valence-electron chi connectivity index (χ2n) is 5.27. The summed E-state index contributed by atoms with van der Waals surface area (Å²) in [6.07, 6.45) is 1.95. The van der Waals surface area contributed by atoms with E-state index >= 15 is 0 Å². The van der Waals surface area contributed by atoms with Crippen LogP contribution in [0.5, 0.6) is 0 Å². The SMILES string of the molecule is COCCNCc1cnn(-c2cccc(Br)c2)c1C(C)C. The van der Waals surface area contributed by atoms with Crippen molar-refractivity contribution < 1.29 is 4.74 Å². The highest BCUT2D eigenvalue weighted by molar-refractivity contribution is 9.10. The molecule has 0 amide bonds. The summed E-state index contributed by atoms with van der Waals surface area (Å²) >= 11 is 3.52. The van der Waals surface area contributed by atoms with E-state index in [9.17, 15) is 0 Å². The van der Waals surface area contributed by atoms with Crippen LogP contribution in [-0.4, -0.2) is 30.0 Å².